The van der Waals surface area contributed by atoms with Crippen molar-refractivity contribution < 1.29 is 28.7 Å². The molecule has 0 unspecified atom stereocenters. The van der Waals surface area contributed by atoms with Crippen LogP contribution in [0.3, 0.4) is 0 Å². The van der Waals surface area contributed by atoms with Crippen LogP contribution in [0, 0.1) is 22.0 Å². The maximum Gasteiger partial charge on any atom is 0.345 e. The van der Waals surface area contributed by atoms with Gasteiger partial charge < -0.3 is 19.5 Å². The molecule has 3 atom stereocenters. The Balaban J connectivity index is 2.08. The second kappa shape index (κ2) is 10.1. The van der Waals surface area contributed by atoms with Gasteiger partial charge >= 0.3 is 5.97 Å². The predicted octanol–water partition coefficient (Wildman–Crippen LogP) is 3.10. The van der Waals surface area contributed by atoms with E-state index in [1.165, 1.54) is 13.2 Å². The quantitative estimate of drug-likeness (QED) is 0.399. The molecule has 29 heavy (non-hydrogen) atoms. The molecule has 0 bridgehead atoms. The van der Waals surface area contributed by atoms with E-state index in [0.29, 0.717) is 11.8 Å². The van der Waals surface area contributed by atoms with Crippen molar-refractivity contribution in [2.24, 2.45) is 11.8 Å². The minimum absolute atomic E-state index is 0.0323. The topological polar surface area (TPSA) is 117 Å². The summed E-state index contributed by atoms with van der Waals surface area (Å²) in [4.78, 5) is 35.3. The van der Waals surface area contributed by atoms with Gasteiger partial charge in [0.1, 0.15) is 5.56 Å². The number of benzene rings is 1. The highest BCUT2D eigenvalue weighted by Crippen LogP contribution is 2.35. The van der Waals surface area contributed by atoms with E-state index in [1.54, 1.807) is 6.92 Å². The third-order valence-electron chi connectivity index (χ3n) is 5.39. The molecule has 0 heterocycles. The number of hydrogen-bond donors (Lipinski definition) is 1. The van der Waals surface area contributed by atoms with Crippen LogP contribution in [0.15, 0.2) is 12.1 Å². The number of nitro benzene ring substituents is 1. The number of nitrogens with one attached hydrogen (secondary N) is 1. The Morgan fingerprint density at radius 3 is 2.59 bits per heavy atom. The van der Waals surface area contributed by atoms with Crippen LogP contribution >= 0.6 is 0 Å². The molecule has 9 heteroatoms. The molecule has 1 aliphatic rings. The first-order valence-corrected chi connectivity index (χ1v) is 9.74. The van der Waals surface area contributed by atoms with Crippen molar-refractivity contribution in [2.75, 3.05) is 20.3 Å². The first kappa shape index (κ1) is 22.4. The zero-order chi connectivity index (χ0) is 21.6. The van der Waals surface area contributed by atoms with E-state index in [0.717, 1.165) is 25.3 Å². The first-order chi connectivity index (χ1) is 13.8. The summed E-state index contributed by atoms with van der Waals surface area (Å²) in [5.41, 5.74) is -0.780. The molecule has 0 spiro atoms. The number of nitrogens with zero attached hydrogens (tertiary/aromatic N) is 1. The lowest BCUT2D eigenvalue weighted by atomic mass is 9.78. The fraction of sp³-hybridized carbons (Fsp3) is 0.600. The predicted molar refractivity (Wildman–Crippen MR) is 105 cm³/mol. The summed E-state index contributed by atoms with van der Waals surface area (Å²) >= 11 is 0. The molecule has 1 aromatic rings. The molecule has 0 radical (unpaired) electrons. The number of amides is 1. The number of hydrogen-bond acceptors (Lipinski definition) is 7. The first-order valence-electron chi connectivity index (χ1n) is 9.74. The number of carbonyl (C=O) groups is 2. The zero-order valence-corrected chi connectivity index (χ0v) is 17.2. The number of carbonyl (C=O) groups excluding carboxylic acids is 2. The van der Waals surface area contributed by atoms with Crippen molar-refractivity contribution in [2.45, 2.75) is 46.1 Å². The van der Waals surface area contributed by atoms with Crippen molar-refractivity contribution in [3.63, 3.8) is 0 Å². The third kappa shape index (κ3) is 5.58. The van der Waals surface area contributed by atoms with E-state index < -0.39 is 29.1 Å². The van der Waals surface area contributed by atoms with Crippen molar-refractivity contribution in [1.82, 2.24) is 5.32 Å². The van der Waals surface area contributed by atoms with Gasteiger partial charge in [-0.3, -0.25) is 14.9 Å². The SMILES string of the molecule is CCOc1cc(C(=O)OCC(=O)N[C@H]2CCC[C@H](C)[C@@H]2C)c([N+](=O)[O-])cc1OC. The van der Waals surface area contributed by atoms with E-state index in [4.69, 9.17) is 14.2 Å². The van der Waals surface area contributed by atoms with E-state index in [2.05, 4.69) is 19.2 Å². The van der Waals surface area contributed by atoms with E-state index in [1.807, 2.05) is 0 Å². The smallest absolute Gasteiger partial charge is 0.345 e. The maximum atomic E-state index is 12.4. The molecule has 0 aromatic heterocycles. The zero-order valence-electron chi connectivity index (χ0n) is 17.2. The van der Waals surface area contributed by atoms with Gasteiger partial charge in [-0.05, 0) is 25.2 Å². The fourth-order valence-electron chi connectivity index (χ4n) is 3.53. The molecule has 1 aromatic carbocycles. The van der Waals surface area contributed by atoms with Crippen LogP contribution in [0.25, 0.3) is 0 Å². The van der Waals surface area contributed by atoms with Gasteiger partial charge in [0.2, 0.25) is 0 Å². The molecule has 1 N–H and O–H groups in total. The fourth-order valence-corrected chi connectivity index (χ4v) is 3.53. The van der Waals surface area contributed by atoms with Gasteiger partial charge in [0, 0.05) is 12.1 Å². The Morgan fingerprint density at radius 1 is 1.24 bits per heavy atom. The molecule has 9 nitrogen and oxygen atoms in total. The molecule has 1 amide bonds. The number of nitro groups is 1. The van der Waals surface area contributed by atoms with Gasteiger partial charge in [0.25, 0.3) is 11.6 Å². The number of esters is 1. The summed E-state index contributed by atoms with van der Waals surface area (Å²) in [7, 11) is 1.34. The Labute approximate surface area is 169 Å². The van der Waals surface area contributed by atoms with E-state index in [-0.39, 0.29) is 29.7 Å². The van der Waals surface area contributed by atoms with Gasteiger partial charge in [-0.25, -0.2) is 4.79 Å². The molecule has 1 fully saturated rings. The molecular weight excluding hydrogens is 380 g/mol. The van der Waals surface area contributed by atoms with Crippen LogP contribution in [0.5, 0.6) is 11.5 Å². The van der Waals surface area contributed by atoms with Gasteiger partial charge in [-0.1, -0.05) is 26.7 Å². The second-order valence-corrected chi connectivity index (χ2v) is 7.23. The van der Waals surface area contributed by atoms with Crippen LogP contribution in [-0.4, -0.2) is 43.2 Å². The monoisotopic (exact) mass is 408 g/mol. The van der Waals surface area contributed by atoms with Gasteiger partial charge in [-0.2, -0.15) is 0 Å². The third-order valence-corrected chi connectivity index (χ3v) is 5.39. The number of rotatable bonds is 8. The average Bonchev–Trinajstić information content (AvgIpc) is 2.69. The Morgan fingerprint density at radius 2 is 1.97 bits per heavy atom. The van der Waals surface area contributed by atoms with Crippen LogP contribution < -0.4 is 14.8 Å². The highest BCUT2D eigenvalue weighted by Gasteiger charge is 2.29. The highest BCUT2D eigenvalue weighted by molar-refractivity contribution is 5.96. The Hall–Kier alpha value is -2.84. The van der Waals surface area contributed by atoms with Crippen LogP contribution in [0.4, 0.5) is 5.69 Å². The number of ether oxygens (including phenoxy) is 3. The minimum atomic E-state index is -0.972. The normalized spacial score (nSPS) is 21.2. The lowest BCUT2D eigenvalue weighted by molar-refractivity contribution is -0.385. The Kier molecular flexibility index (Phi) is 7.81. The highest BCUT2D eigenvalue weighted by atomic mass is 16.6. The van der Waals surface area contributed by atoms with Gasteiger partial charge in [-0.15, -0.1) is 0 Å². The summed E-state index contributed by atoms with van der Waals surface area (Å²) in [6.45, 7) is 5.75. The van der Waals surface area contributed by atoms with Crippen LogP contribution in [0.2, 0.25) is 0 Å². The summed E-state index contributed by atoms with van der Waals surface area (Å²) in [6.07, 6.45) is 3.05. The lowest BCUT2D eigenvalue weighted by Gasteiger charge is -2.34. The second-order valence-electron chi connectivity index (χ2n) is 7.23. The van der Waals surface area contributed by atoms with Crippen molar-refractivity contribution in [3.8, 4) is 11.5 Å². The van der Waals surface area contributed by atoms with Crippen molar-refractivity contribution >= 4 is 17.6 Å². The van der Waals surface area contributed by atoms with Gasteiger partial charge in [0.15, 0.2) is 18.1 Å². The number of methoxy groups -OCH3 is 1. The summed E-state index contributed by atoms with van der Waals surface area (Å²) in [5, 5.41) is 14.3. The molecule has 2 rings (SSSR count). The molecule has 1 saturated carbocycles. The van der Waals surface area contributed by atoms with Gasteiger partial charge in [0.05, 0.1) is 24.7 Å². The standard InChI is InChI=1S/C20H28N2O7/c1-5-28-18-9-14(16(22(25)26)10-17(18)27-4)20(24)29-11-19(23)21-15-8-6-7-12(2)13(15)3/h9-10,12-13,15H,5-8,11H2,1-4H3,(H,21,23)/t12-,13-,15-/m0/s1. The van der Waals surface area contributed by atoms with E-state index >= 15 is 0 Å². The molecule has 0 saturated heterocycles. The average molecular weight is 408 g/mol. The van der Waals surface area contributed by atoms with Crippen molar-refractivity contribution in [3.05, 3.63) is 27.8 Å². The summed E-state index contributed by atoms with van der Waals surface area (Å²) < 4.78 is 15.5. The van der Waals surface area contributed by atoms with Crippen LogP contribution in [-0.2, 0) is 9.53 Å². The molecular formula is C20H28N2O7. The Bertz CT molecular complexity index is 765. The van der Waals surface area contributed by atoms with E-state index in [9.17, 15) is 19.7 Å². The largest absolute Gasteiger partial charge is 0.493 e. The minimum Gasteiger partial charge on any atom is -0.493 e. The van der Waals surface area contributed by atoms with Crippen molar-refractivity contribution in [1.29, 1.82) is 0 Å². The molecule has 160 valence electrons. The molecule has 1 aliphatic carbocycles. The molecule has 0 aliphatic heterocycles. The summed E-state index contributed by atoms with van der Waals surface area (Å²) in [6, 6.07) is 2.34. The lowest BCUT2D eigenvalue weighted by Crippen LogP contribution is -2.45. The maximum absolute atomic E-state index is 12.4. The summed E-state index contributed by atoms with van der Waals surface area (Å²) in [5.74, 6) is -0.239. The van der Waals surface area contributed by atoms with Crippen LogP contribution in [0.1, 0.15) is 50.4 Å².